The van der Waals surface area contributed by atoms with Crippen LogP contribution in [0.2, 0.25) is 0 Å². The molecule has 0 unspecified atom stereocenters. The maximum absolute atomic E-state index is 4.29. The molecule has 2 nitrogen and oxygen atoms in total. The van der Waals surface area contributed by atoms with Gasteiger partial charge in [0, 0.05) is 43.9 Å². The minimum Gasteiger partial charge on any atom is -0.349 e. The minimum absolute atomic E-state index is 1.09. The molecule has 158 valence electrons. The van der Waals surface area contributed by atoms with Crippen LogP contribution in [-0.2, 0) is 6.42 Å². The van der Waals surface area contributed by atoms with Crippen LogP contribution in [0.4, 0.5) is 0 Å². The molecule has 0 spiro atoms. The summed E-state index contributed by atoms with van der Waals surface area (Å²) in [5.41, 5.74) is 7.26. The smallest absolute Gasteiger partial charge is 0.0227 e. The molecule has 0 aliphatic carbocycles. The number of benzene rings is 1. The summed E-state index contributed by atoms with van der Waals surface area (Å²) in [5, 5.41) is 0. The van der Waals surface area contributed by atoms with Crippen molar-refractivity contribution >= 4 is 0 Å². The highest BCUT2D eigenvalue weighted by Crippen LogP contribution is 2.35. The largest absolute Gasteiger partial charge is 0.349 e. The molecule has 0 bridgehead atoms. The topological polar surface area (TPSA) is 6.48 Å². The monoisotopic (exact) mass is 384 g/mol. The molecule has 0 amide bonds. The zero-order valence-electron chi connectivity index (χ0n) is 19.6. The van der Waals surface area contributed by atoms with E-state index in [-0.39, 0.29) is 0 Å². The predicted molar refractivity (Wildman–Crippen MR) is 128 cm³/mol. The van der Waals surface area contributed by atoms with Crippen molar-refractivity contribution < 1.29 is 0 Å². The third kappa shape index (κ3) is 8.48. The molecule has 0 saturated heterocycles. The van der Waals surface area contributed by atoms with E-state index in [0.29, 0.717) is 0 Å². The van der Waals surface area contributed by atoms with Gasteiger partial charge in [0.15, 0.2) is 0 Å². The van der Waals surface area contributed by atoms with Crippen molar-refractivity contribution in [1.29, 1.82) is 0 Å². The maximum atomic E-state index is 4.29. The van der Waals surface area contributed by atoms with Crippen molar-refractivity contribution in [2.45, 2.75) is 67.2 Å². The van der Waals surface area contributed by atoms with Crippen LogP contribution in [-0.4, -0.2) is 36.5 Å². The van der Waals surface area contributed by atoms with Crippen molar-refractivity contribution in [2.24, 2.45) is 0 Å². The maximum Gasteiger partial charge on any atom is 0.0227 e. The lowest BCUT2D eigenvalue weighted by atomic mass is 10.1. The SMILES string of the molecule is C=C1CC2=C(CCN(C)C2)N1CCCc1ccc(C)cc1.C=CC.CC.CC. The molecule has 1 aromatic rings. The molecule has 3 rings (SSSR count). The van der Waals surface area contributed by atoms with E-state index in [4.69, 9.17) is 0 Å². The highest BCUT2D eigenvalue weighted by molar-refractivity contribution is 5.32. The summed E-state index contributed by atoms with van der Waals surface area (Å²) in [7, 11) is 2.21. The second-order valence-corrected chi connectivity index (χ2v) is 6.93. The first-order valence-corrected chi connectivity index (χ1v) is 11.0. The number of nitrogens with zero attached hydrogens (tertiary/aromatic N) is 2. The summed E-state index contributed by atoms with van der Waals surface area (Å²) in [5.74, 6) is 0. The third-order valence-electron chi connectivity index (χ3n) is 4.69. The lowest BCUT2D eigenvalue weighted by Crippen LogP contribution is -2.30. The number of hydrogen-bond donors (Lipinski definition) is 0. The Morgan fingerprint density at radius 1 is 1.07 bits per heavy atom. The van der Waals surface area contributed by atoms with Crippen LogP contribution in [0.1, 0.15) is 65.0 Å². The van der Waals surface area contributed by atoms with E-state index in [1.165, 1.54) is 36.2 Å². The summed E-state index contributed by atoms with van der Waals surface area (Å²) >= 11 is 0. The van der Waals surface area contributed by atoms with Crippen LogP contribution in [0.5, 0.6) is 0 Å². The average Bonchev–Trinajstić information content (AvgIpc) is 3.01. The Bertz CT molecular complexity index is 595. The van der Waals surface area contributed by atoms with Gasteiger partial charge >= 0.3 is 0 Å². The molecule has 0 radical (unpaired) electrons. The van der Waals surface area contributed by atoms with E-state index >= 15 is 0 Å². The summed E-state index contributed by atoms with van der Waals surface area (Å²) in [4.78, 5) is 4.92. The molecule has 0 atom stereocenters. The Labute approximate surface area is 175 Å². The van der Waals surface area contributed by atoms with Crippen LogP contribution in [0.15, 0.2) is 60.5 Å². The van der Waals surface area contributed by atoms with Gasteiger partial charge in [0.25, 0.3) is 0 Å². The van der Waals surface area contributed by atoms with Crippen molar-refractivity contribution in [1.82, 2.24) is 9.80 Å². The molecule has 0 N–H and O–H groups in total. The zero-order valence-corrected chi connectivity index (χ0v) is 19.6. The van der Waals surface area contributed by atoms with E-state index in [1.54, 1.807) is 17.3 Å². The van der Waals surface area contributed by atoms with Crippen LogP contribution in [0.25, 0.3) is 0 Å². The molecule has 0 fully saturated rings. The molecule has 0 saturated carbocycles. The van der Waals surface area contributed by atoms with E-state index in [2.05, 4.69) is 61.2 Å². The number of aryl methyl sites for hydroxylation is 2. The van der Waals surface area contributed by atoms with Gasteiger partial charge in [-0.05, 0) is 44.9 Å². The van der Waals surface area contributed by atoms with Crippen molar-refractivity contribution in [3.8, 4) is 0 Å². The van der Waals surface area contributed by atoms with E-state index < -0.39 is 0 Å². The summed E-state index contributed by atoms with van der Waals surface area (Å²) in [6.07, 6.45) is 6.39. The third-order valence-corrected chi connectivity index (χ3v) is 4.69. The number of allylic oxidation sites excluding steroid dienone is 2. The van der Waals surface area contributed by atoms with Gasteiger partial charge in [-0.1, -0.05) is 70.2 Å². The quantitative estimate of drug-likeness (QED) is 0.517. The van der Waals surface area contributed by atoms with E-state index in [0.717, 1.165) is 25.9 Å². The first-order valence-electron chi connectivity index (χ1n) is 11.0. The highest BCUT2D eigenvalue weighted by Gasteiger charge is 2.28. The molecule has 2 heteroatoms. The number of hydrogen-bond acceptors (Lipinski definition) is 2. The molecule has 2 aliphatic heterocycles. The van der Waals surface area contributed by atoms with Gasteiger partial charge in [0.05, 0.1) is 0 Å². The standard InChI is InChI=1S/C19H26N2.C3H6.2C2H6/c1-15-6-8-17(9-7-15)5-4-11-21-16(2)13-18-14-20(3)12-10-19(18)21;1-3-2;2*1-2/h6-9H,2,4-5,10-14H2,1,3H3;3H,1H2,2H3;2*1-2H3. The van der Waals surface area contributed by atoms with E-state index in [9.17, 15) is 0 Å². The Kier molecular flexibility index (Phi) is 14.2. The average molecular weight is 385 g/mol. The van der Waals surface area contributed by atoms with Crippen LogP contribution in [0, 0.1) is 6.92 Å². The molecule has 1 aromatic carbocycles. The first-order chi connectivity index (χ1) is 13.5. The Balaban J connectivity index is 0.000000930. The van der Waals surface area contributed by atoms with Crippen molar-refractivity contribution in [3.63, 3.8) is 0 Å². The Hall–Kier alpha value is -1.80. The van der Waals surface area contributed by atoms with Crippen LogP contribution >= 0.6 is 0 Å². The van der Waals surface area contributed by atoms with Gasteiger partial charge in [-0.2, -0.15) is 0 Å². The van der Waals surface area contributed by atoms with Gasteiger partial charge in [-0.15, -0.1) is 6.58 Å². The van der Waals surface area contributed by atoms with Gasteiger partial charge in [0.1, 0.15) is 0 Å². The molecule has 0 aromatic heterocycles. The Morgan fingerprint density at radius 3 is 2.21 bits per heavy atom. The summed E-state index contributed by atoms with van der Waals surface area (Å²) < 4.78 is 0. The van der Waals surface area contributed by atoms with Gasteiger partial charge in [0.2, 0.25) is 0 Å². The van der Waals surface area contributed by atoms with Crippen molar-refractivity contribution in [2.75, 3.05) is 26.7 Å². The molecule has 28 heavy (non-hydrogen) atoms. The molecular weight excluding hydrogens is 340 g/mol. The molecule has 2 aliphatic rings. The molecular formula is C26H44N2. The van der Waals surface area contributed by atoms with Gasteiger partial charge in [-0.25, -0.2) is 0 Å². The fourth-order valence-electron chi connectivity index (χ4n) is 3.48. The van der Waals surface area contributed by atoms with Gasteiger partial charge in [-0.3, -0.25) is 0 Å². The van der Waals surface area contributed by atoms with Crippen molar-refractivity contribution in [3.05, 3.63) is 71.6 Å². The number of rotatable bonds is 4. The second kappa shape index (κ2) is 15.2. The highest BCUT2D eigenvalue weighted by atomic mass is 15.2. The van der Waals surface area contributed by atoms with E-state index in [1.807, 2.05) is 34.6 Å². The lowest BCUT2D eigenvalue weighted by molar-refractivity contribution is 0.321. The summed E-state index contributed by atoms with van der Waals surface area (Å²) in [6.45, 7) is 23.1. The Morgan fingerprint density at radius 2 is 1.64 bits per heavy atom. The normalized spacial score (nSPS) is 15.4. The lowest BCUT2D eigenvalue weighted by Gasteiger charge is -2.29. The predicted octanol–water partition coefficient (Wildman–Crippen LogP) is 6.98. The van der Waals surface area contributed by atoms with Crippen LogP contribution < -0.4 is 0 Å². The fraction of sp³-hybridized carbons (Fsp3) is 0.538. The fourth-order valence-corrected chi connectivity index (χ4v) is 3.48. The zero-order chi connectivity index (χ0) is 21.5. The number of likely N-dealkylation sites (N-methyl/N-ethyl adjacent to an activating group) is 1. The second-order valence-electron chi connectivity index (χ2n) is 6.93. The minimum atomic E-state index is 1.09. The van der Waals surface area contributed by atoms with Gasteiger partial charge < -0.3 is 9.80 Å². The van der Waals surface area contributed by atoms with Crippen LogP contribution in [0.3, 0.4) is 0 Å². The summed E-state index contributed by atoms with van der Waals surface area (Å²) in [6, 6.07) is 8.94. The molecule has 2 heterocycles. The first kappa shape index (κ1) is 26.2.